The normalized spacial score (nSPS) is 24.6. The summed E-state index contributed by atoms with van der Waals surface area (Å²) >= 11 is 0. The van der Waals surface area contributed by atoms with E-state index in [0.717, 1.165) is 30.4 Å². The smallest absolute Gasteiger partial charge is 0.410 e. The van der Waals surface area contributed by atoms with E-state index < -0.39 is 12.2 Å². The van der Waals surface area contributed by atoms with Crippen molar-refractivity contribution in [1.29, 1.82) is 0 Å². The molecule has 1 fully saturated rings. The van der Waals surface area contributed by atoms with E-state index in [9.17, 15) is 10.0 Å². The van der Waals surface area contributed by atoms with Gasteiger partial charge in [0.2, 0.25) is 0 Å². The molecule has 4 nitrogen and oxygen atoms in total. The molecule has 1 saturated carbocycles. The molecular weight excluding hydrogens is 242 g/mol. The van der Waals surface area contributed by atoms with Gasteiger partial charge in [-0.1, -0.05) is 37.5 Å². The highest BCUT2D eigenvalue weighted by Gasteiger charge is 2.44. The molecule has 1 heterocycles. The van der Waals surface area contributed by atoms with Gasteiger partial charge in [-0.2, -0.15) is 4.74 Å². The van der Waals surface area contributed by atoms with E-state index in [-0.39, 0.29) is 11.6 Å². The Hall–Kier alpha value is -1.84. The molecule has 1 atom stereocenters. The molecule has 0 radical (unpaired) electrons. The summed E-state index contributed by atoms with van der Waals surface area (Å²) in [6.07, 6.45) is 4.77. The van der Waals surface area contributed by atoms with Crippen molar-refractivity contribution in [2.24, 2.45) is 5.92 Å². The van der Waals surface area contributed by atoms with Crippen molar-refractivity contribution in [3.63, 3.8) is 0 Å². The van der Waals surface area contributed by atoms with Crippen LogP contribution in [0.3, 0.4) is 0 Å². The van der Waals surface area contributed by atoms with Gasteiger partial charge in [0.1, 0.15) is 0 Å². The van der Waals surface area contributed by atoms with E-state index in [1.807, 2.05) is 18.2 Å². The molecule has 2 aliphatic rings. The van der Waals surface area contributed by atoms with Crippen molar-refractivity contribution < 1.29 is 14.3 Å². The lowest BCUT2D eigenvalue weighted by Crippen LogP contribution is -2.31. The van der Waals surface area contributed by atoms with Gasteiger partial charge >= 0.3 is 17.9 Å². The summed E-state index contributed by atoms with van der Waals surface area (Å²) < 4.78 is 6.10. The van der Waals surface area contributed by atoms with Crippen LogP contribution >= 0.6 is 0 Å². The van der Waals surface area contributed by atoms with E-state index in [1.165, 1.54) is 6.42 Å². The van der Waals surface area contributed by atoms with Crippen LogP contribution < -0.4 is 0 Å². The zero-order valence-corrected chi connectivity index (χ0v) is 10.7. The van der Waals surface area contributed by atoms with Gasteiger partial charge in [-0.3, -0.25) is 0 Å². The highest BCUT2D eigenvalue weighted by atomic mass is 16.6. The Morgan fingerprint density at radius 2 is 1.79 bits per heavy atom. The minimum Gasteiger partial charge on any atom is -0.620 e. The first-order chi connectivity index (χ1) is 9.27. The molecule has 1 aliphatic carbocycles. The van der Waals surface area contributed by atoms with Gasteiger partial charge < -0.3 is 9.94 Å². The zero-order valence-electron chi connectivity index (χ0n) is 10.7. The van der Waals surface area contributed by atoms with Crippen molar-refractivity contribution in [2.75, 3.05) is 0 Å². The zero-order chi connectivity index (χ0) is 13.2. The fraction of sp³-hybridized carbons (Fsp3) is 0.467. The Morgan fingerprint density at radius 1 is 1.11 bits per heavy atom. The van der Waals surface area contributed by atoms with Crippen molar-refractivity contribution in [3.8, 4) is 0 Å². The standard InChI is InChI=1S/C15H17NO3/c17-15-13(11-7-3-1-4-8-11)16(18)14(19-15)12-9-5-2-6-10-12/h1,3-4,7-8,12,14H,2,5-6,9-10H2. The lowest BCUT2D eigenvalue weighted by molar-refractivity contribution is -0.546. The van der Waals surface area contributed by atoms with Crippen LogP contribution in [-0.2, 0) is 9.53 Å². The molecule has 0 amide bonds. The minimum atomic E-state index is -0.622. The molecule has 1 aromatic carbocycles. The maximum Gasteiger partial charge on any atom is 0.410 e. The number of carbonyl (C=O) groups is 1. The van der Waals surface area contributed by atoms with Crippen molar-refractivity contribution >= 4 is 11.7 Å². The van der Waals surface area contributed by atoms with Crippen molar-refractivity contribution in [2.45, 2.75) is 38.3 Å². The predicted octanol–water partition coefficient (Wildman–Crippen LogP) is 2.45. The second kappa shape index (κ2) is 5.03. The van der Waals surface area contributed by atoms with Gasteiger partial charge in [-0.15, -0.1) is 0 Å². The van der Waals surface area contributed by atoms with E-state index in [1.54, 1.807) is 12.1 Å². The lowest BCUT2D eigenvalue weighted by Gasteiger charge is -2.24. The minimum absolute atomic E-state index is 0.149. The van der Waals surface area contributed by atoms with Crippen LogP contribution in [0.4, 0.5) is 0 Å². The van der Waals surface area contributed by atoms with Crippen LogP contribution in [0.2, 0.25) is 0 Å². The SMILES string of the molecule is O=C1OC(C2CCCCC2)[N+]([O-])=C1c1ccccc1. The number of benzene rings is 1. The average molecular weight is 259 g/mol. The molecule has 0 bridgehead atoms. The quantitative estimate of drug-likeness (QED) is 0.465. The maximum absolute atomic E-state index is 12.3. The van der Waals surface area contributed by atoms with Crippen molar-refractivity contribution in [3.05, 3.63) is 41.1 Å². The molecule has 100 valence electrons. The molecule has 4 heteroatoms. The third-order valence-corrected chi connectivity index (χ3v) is 3.97. The molecule has 19 heavy (non-hydrogen) atoms. The molecule has 1 aromatic rings. The van der Waals surface area contributed by atoms with Gasteiger partial charge in [-0.25, -0.2) is 4.79 Å². The maximum atomic E-state index is 12.3. The third kappa shape index (κ3) is 2.23. The second-order valence-corrected chi connectivity index (χ2v) is 5.23. The van der Waals surface area contributed by atoms with E-state index >= 15 is 0 Å². The summed E-state index contributed by atoms with van der Waals surface area (Å²) in [5.74, 6) is -0.312. The van der Waals surface area contributed by atoms with Gasteiger partial charge in [-0.05, 0) is 25.0 Å². The highest BCUT2D eigenvalue weighted by Crippen LogP contribution is 2.30. The van der Waals surface area contributed by atoms with Gasteiger partial charge in [0.15, 0.2) is 0 Å². The van der Waals surface area contributed by atoms with Crippen LogP contribution in [0, 0.1) is 11.1 Å². The summed E-state index contributed by atoms with van der Waals surface area (Å²) in [7, 11) is 0. The fourth-order valence-corrected chi connectivity index (χ4v) is 2.98. The van der Waals surface area contributed by atoms with Crippen LogP contribution in [0.5, 0.6) is 0 Å². The fourth-order valence-electron chi connectivity index (χ4n) is 2.98. The number of ether oxygens (including phenoxy) is 1. The molecule has 0 aromatic heterocycles. The molecule has 0 saturated heterocycles. The summed E-state index contributed by atoms with van der Waals surface area (Å²) in [5.41, 5.74) is 0.789. The Kier molecular flexibility index (Phi) is 3.23. The van der Waals surface area contributed by atoms with E-state index in [4.69, 9.17) is 4.74 Å². The Balaban J connectivity index is 1.90. The van der Waals surface area contributed by atoms with E-state index in [0.29, 0.717) is 5.56 Å². The summed E-state index contributed by atoms with van der Waals surface area (Å²) in [5, 5.41) is 12.3. The number of nitrogens with zero attached hydrogens (tertiary/aromatic N) is 1. The third-order valence-electron chi connectivity index (χ3n) is 3.97. The van der Waals surface area contributed by atoms with Gasteiger partial charge in [0.05, 0.1) is 11.5 Å². The molecule has 1 unspecified atom stereocenters. The average Bonchev–Trinajstić information content (AvgIpc) is 2.76. The summed E-state index contributed by atoms with van der Waals surface area (Å²) in [4.78, 5) is 11.9. The largest absolute Gasteiger partial charge is 0.620 e. The van der Waals surface area contributed by atoms with Crippen LogP contribution in [-0.4, -0.2) is 22.6 Å². The van der Waals surface area contributed by atoms with Crippen molar-refractivity contribution in [1.82, 2.24) is 0 Å². The van der Waals surface area contributed by atoms with E-state index in [2.05, 4.69) is 0 Å². The number of esters is 1. The number of hydrogen-bond donors (Lipinski definition) is 0. The second-order valence-electron chi connectivity index (χ2n) is 5.23. The molecule has 3 rings (SSSR count). The first kappa shape index (κ1) is 12.2. The Labute approximate surface area is 112 Å². The molecular formula is C15H17NO3. The number of rotatable bonds is 2. The molecule has 0 spiro atoms. The monoisotopic (exact) mass is 259 g/mol. The topological polar surface area (TPSA) is 52.4 Å². The Bertz CT molecular complexity index is 503. The number of hydrogen-bond acceptors (Lipinski definition) is 3. The molecule has 0 N–H and O–H groups in total. The summed E-state index contributed by atoms with van der Waals surface area (Å²) in [6.45, 7) is 0. The number of hydroxylamine groups is 1. The first-order valence-corrected chi connectivity index (χ1v) is 6.87. The predicted molar refractivity (Wildman–Crippen MR) is 70.6 cm³/mol. The number of cyclic esters (lactones) is 1. The highest BCUT2D eigenvalue weighted by molar-refractivity contribution is 6.41. The van der Waals surface area contributed by atoms with Crippen LogP contribution in [0.25, 0.3) is 0 Å². The number of carbonyl (C=O) groups excluding carboxylic acids is 1. The van der Waals surface area contributed by atoms with Crippen LogP contribution in [0.15, 0.2) is 30.3 Å². The first-order valence-electron chi connectivity index (χ1n) is 6.87. The lowest BCUT2D eigenvalue weighted by atomic mass is 9.88. The Morgan fingerprint density at radius 3 is 2.47 bits per heavy atom. The molecule has 1 aliphatic heterocycles. The summed E-state index contributed by atoms with van der Waals surface area (Å²) in [6, 6.07) is 9.03. The van der Waals surface area contributed by atoms with Gasteiger partial charge in [0, 0.05) is 0 Å². The van der Waals surface area contributed by atoms with Crippen LogP contribution in [0.1, 0.15) is 37.7 Å². The van der Waals surface area contributed by atoms with Gasteiger partial charge in [0.25, 0.3) is 0 Å².